The van der Waals surface area contributed by atoms with E-state index in [0.29, 0.717) is 0 Å². The molecule has 0 saturated heterocycles. The smallest absolute Gasteiger partial charge is 0.759 e. The van der Waals surface area contributed by atoms with Crippen LogP contribution in [0.3, 0.4) is 0 Å². The fourth-order valence-electron chi connectivity index (χ4n) is 0.684. The van der Waals surface area contributed by atoms with Gasteiger partial charge in [0.15, 0.2) is 24.8 Å². The van der Waals surface area contributed by atoms with Gasteiger partial charge in [-0.05, 0) is 0 Å². The Balaban J connectivity index is -0.000000230. The van der Waals surface area contributed by atoms with Gasteiger partial charge in [-0.3, -0.25) is 16.8 Å². The van der Waals surface area contributed by atoms with Crippen LogP contribution in [-0.2, 0) is 37.9 Å². The number of rotatable bonds is 0. The van der Waals surface area contributed by atoms with Gasteiger partial charge < -0.3 is 18.2 Å². The van der Waals surface area contributed by atoms with E-state index < -0.39 is 20.8 Å². The Morgan fingerprint density at radius 1 is 0.522 bits per heavy atom. The van der Waals surface area contributed by atoms with Gasteiger partial charge in [0.05, 0.1) is 0 Å². The molecule has 2 aromatic rings. The number of nitrogens with one attached hydrogen (secondary N) is 2. The van der Waals surface area contributed by atoms with Gasteiger partial charge in [0.2, 0.25) is 0 Å². The van der Waals surface area contributed by atoms with Crippen molar-refractivity contribution in [1.29, 1.82) is 0 Å². The van der Waals surface area contributed by atoms with Crippen molar-refractivity contribution in [3.8, 4) is 0 Å². The monoisotopic (exact) mass is 415 g/mol. The fourth-order valence-corrected chi connectivity index (χ4v) is 0.684. The van der Waals surface area contributed by atoms with Crippen LogP contribution in [0.4, 0.5) is 0 Å². The summed E-state index contributed by atoms with van der Waals surface area (Å²) in [6, 6.07) is 11.7. The number of aromatic nitrogens is 2. The molecule has 0 spiro atoms. The zero-order valence-electron chi connectivity index (χ0n) is 11.2. The van der Waals surface area contributed by atoms with Gasteiger partial charge in [-0.15, -0.1) is 0 Å². The maximum atomic E-state index is 8.52. The maximum absolute atomic E-state index is 8.52. The standard InChI is InChI=1S/2C5H5N.Cu.2H2O4S/c2*1-2-4-6-5-3-1;;2*1-5(2,3)4/h2*1-5H;;2*(H2,1,2,3,4)/q;;+2;;/p-2. The van der Waals surface area contributed by atoms with Crippen molar-refractivity contribution in [2.24, 2.45) is 0 Å². The van der Waals surface area contributed by atoms with Crippen LogP contribution in [0.15, 0.2) is 61.2 Å². The SMILES string of the molecule is O=S(=O)([O-])[O-].O=S(=O)([O-])[O-].[Cu+2].c1cc[nH+]cc1.c1cc[nH+]cc1. The van der Waals surface area contributed by atoms with Gasteiger partial charge in [0.1, 0.15) is 0 Å². The van der Waals surface area contributed by atoms with Crippen LogP contribution in [0.2, 0.25) is 0 Å². The van der Waals surface area contributed by atoms with E-state index in [4.69, 9.17) is 35.0 Å². The summed E-state index contributed by atoms with van der Waals surface area (Å²) < 4.78 is 68.2. The Kier molecular flexibility index (Phi) is 17.8. The van der Waals surface area contributed by atoms with Crippen molar-refractivity contribution in [3.63, 3.8) is 0 Å². The number of pyridine rings is 2. The first-order valence-electron chi connectivity index (χ1n) is 5.15. The average molecular weight is 416 g/mol. The topological polar surface area (TPSA) is 189 Å². The maximum Gasteiger partial charge on any atom is 2.00 e. The summed E-state index contributed by atoms with van der Waals surface area (Å²) in [6.07, 6.45) is 7.50. The molecule has 13 heteroatoms. The Morgan fingerprint density at radius 2 is 0.696 bits per heavy atom. The Bertz CT molecular complexity index is 538. The summed E-state index contributed by atoms with van der Waals surface area (Å²) in [7, 11) is -10.3. The molecule has 2 rings (SSSR count). The summed E-state index contributed by atoms with van der Waals surface area (Å²) >= 11 is 0. The number of hydrogen-bond donors (Lipinski definition) is 0. The molecule has 2 aromatic heterocycles. The van der Waals surface area contributed by atoms with Crippen molar-refractivity contribution < 1.29 is 62.1 Å². The molecule has 0 fully saturated rings. The molecular formula is C10H12CuN2O8S2. The molecule has 10 nitrogen and oxygen atoms in total. The number of H-pyrrole nitrogens is 2. The summed E-state index contributed by atoms with van der Waals surface area (Å²) in [6.45, 7) is 0. The first kappa shape index (κ1) is 26.5. The third kappa shape index (κ3) is 63.5. The van der Waals surface area contributed by atoms with Gasteiger partial charge in [-0.2, -0.15) is 0 Å². The van der Waals surface area contributed by atoms with E-state index in [2.05, 4.69) is 9.97 Å². The van der Waals surface area contributed by atoms with Gasteiger partial charge >= 0.3 is 17.1 Å². The Morgan fingerprint density at radius 3 is 0.739 bits per heavy atom. The van der Waals surface area contributed by atoms with Crippen molar-refractivity contribution in [2.45, 2.75) is 0 Å². The number of aromatic amines is 2. The molecule has 1 radical (unpaired) electrons. The molecule has 0 aliphatic heterocycles. The molecule has 0 bridgehead atoms. The second kappa shape index (κ2) is 15.5. The summed E-state index contributed by atoms with van der Waals surface area (Å²) in [4.78, 5) is 5.78. The second-order valence-electron chi connectivity index (χ2n) is 2.97. The van der Waals surface area contributed by atoms with Crippen LogP contribution in [0.1, 0.15) is 0 Å². The van der Waals surface area contributed by atoms with E-state index in [1.807, 2.05) is 61.2 Å². The predicted molar refractivity (Wildman–Crippen MR) is 66.9 cm³/mol. The first-order valence-corrected chi connectivity index (χ1v) is 7.82. The van der Waals surface area contributed by atoms with Gasteiger partial charge in [0, 0.05) is 45.1 Å². The molecule has 2 heterocycles. The van der Waals surface area contributed by atoms with Crippen molar-refractivity contribution in [1.82, 2.24) is 0 Å². The van der Waals surface area contributed by atoms with Gasteiger partial charge in [-0.25, -0.2) is 9.97 Å². The molecule has 2 N–H and O–H groups in total. The summed E-state index contributed by atoms with van der Waals surface area (Å²) in [5, 5.41) is 0. The van der Waals surface area contributed by atoms with E-state index in [1.165, 1.54) is 0 Å². The normalized spacial score (nSPS) is 9.22. The molecule has 0 unspecified atom stereocenters. The van der Waals surface area contributed by atoms with Crippen molar-refractivity contribution in [3.05, 3.63) is 61.2 Å². The van der Waals surface area contributed by atoms with E-state index in [1.54, 1.807) is 0 Å². The Hall–Kier alpha value is -1.44. The van der Waals surface area contributed by atoms with Crippen LogP contribution >= 0.6 is 0 Å². The van der Waals surface area contributed by atoms with Crippen LogP contribution < -0.4 is 9.97 Å². The van der Waals surface area contributed by atoms with Crippen molar-refractivity contribution in [2.75, 3.05) is 0 Å². The molecular weight excluding hydrogens is 404 g/mol. The van der Waals surface area contributed by atoms with Crippen LogP contribution in [-0.4, -0.2) is 35.0 Å². The van der Waals surface area contributed by atoms with E-state index in [-0.39, 0.29) is 17.1 Å². The average Bonchev–Trinajstić information content (AvgIpc) is 2.40. The minimum atomic E-state index is -5.17. The largest absolute Gasteiger partial charge is 2.00 e. The van der Waals surface area contributed by atoms with Crippen LogP contribution in [0.5, 0.6) is 0 Å². The molecule has 133 valence electrons. The minimum absolute atomic E-state index is 0. The molecule has 0 amide bonds. The summed E-state index contributed by atoms with van der Waals surface area (Å²) in [5.74, 6) is 0. The molecule has 0 atom stereocenters. The van der Waals surface area contributed by atoms with E-state index in [0.717, 1.165) is 0 Å². The quantitative estimate of drug-likeness (QED) is 0.277. The second-order valence-corrected chi connectivity index (χ2v) is 4.60. The molecule has 0 saturated carbocycles. The van der Waals surface area contributed by atoms with E-state index >= 15 is 0 Å². The van der Waals surface area contributed by atoms with Gasteiger partial charge in [0.25, 0.3) is 0 Å². The predicted octanol–water partition coefficient (Wildman–Crippen LogP) is -1.68. The van der Waals surface area contributed by atoms with Crippen LogP contribution in [0, 0.1) is 0 Å². The van der Waals surface area contributed by atoms with Crippen LogP contribution in [0.25, 0.3) is 0 Å². The van der Waals surface area contributed by atoms with Crippen molar-refractivity contribution >= 4 is 20.8 Å². The van der Waals surface area contributed by atoms with Gasteiger partial charge in [-0.1, -0.05) is 12.1 Å². The molecule has 0 aromatic carbocycles. The Labute approximate surface area is 144 Å². The third-order valence-electron chi connectivity index (χ3n) is 1.21. The zero-order chi connectivity index (χ0) is 17.5. The summed E-state index contributed by atoms with van der Waals surface area (Å²) in [5.41, 5.74) is 0. The third-order valence-corrected chi connectivity index (χ3v) is 1.21. The van der Waals surface area contributed by atoms with E-state index in [9.17, 15) is 0 Å². The zero-order valence-corrected chi connectivity index (χ0v) is 13.7. The molecule has 23 heavy (non-hydrogen) atoms. The molecule has 0 aliphatic carbocycles. The number of hydrogen-bond acceptors (Lipinski definition) is 8. The molecule has 0 aliphatic rings. The minimum Gasteiger partial charge on any atom is -0.759 e. The fraction of sp³-hybridized carbons (Fsp3) is 0. The first-order chi connectivity index (χ1) is 10.0.